The van der Waals surface area contributed by atoms with Crippen LogP contribution in [0.25, 0.3) is 11.3 Å². The van der Waals surface area contributed by atoms with Crippen LogP contribution < -0.4 is 5.32 Å². The molecule has 1 heterocycles. The molecule has 1 amide bonds. The molecule has 6 heteroatoms. The number of carbonyl (C=O) groups excluding carboxylic acids is 1. The molecule has 0 radical (unpaired) electrons. The van der Waals surface area contributed by atoms with Crippen molar-refractivity contribution < 1.29 is 9.18 Å². The number of amides is 1. The second-order valence-electron chi connectivity index (χ2n) is 5.39. The van der Waals surface area contributed by atoms with Crippen molar-refractivity contribution in [3.8, 4) is 11.3 Å². The van der Waals surface area contributed by atoms with Crippen molar-refractivity contribution in [1.29, 1.82) is 0 Å². The van der Waals surface area contributed by atoms with Gasteiger partial charge in [-0.2, -0.15) is 5.10 Å². The van der Waals surface area contributed by atoms with E-state index in [1.807, 2.05) is 19.1 Å². The van der Waals surface area contributed by atoms with E-state index in [0.29, 0.717) is 21.8 Å². The van der Waals surface area contributed by atoms with Crippen molar-refractivity contribution in [1.82, 2.24) is 15.5 Å². The molecule has 4 nitrogen and oxygen atoms in total. The predicted molar refractivity (Wildman–Crippen MR) is 91.3 cm³/mol. The molecule has 0 bridgehead atoms. The Morgan fingerprint density at radius 1 is 1.21 bits per heavy atom. The Kier molecular flexibility index (Phi) is 4.62. The first-order valence-electron chi connectivity index (χ1n) is 7.41. The van der Waals surface area contributed by atoms with Crippen LogP contribution in [0.15, 0.2) is 54.7 Å². The predicted octanol–water partition coefficient (Wildman–Crippen LogP) is 4.36. The lowest BCUT2D eigenvalue weighted by Crippen LogP contribution is -2.26. The summed E-state index contributed by atoms with van der Waals surface area (Å²) >= 11 is 5.87. The fraction of sp³-hybridized carbons (Fsp3) is 0.111. The molecule has 0 spiro atoms. The van der Waals surface area contributed by atoms with Crippen molar-refractivity contribution in [3.05, 3.63) is 76.7 Å². The van der Waals surface area contributed by atoms with Gasteiger partial charge >= 0.3 is 0 Å². The van der Waals surface area contributed by atoms with Gasteiger partial charge < -0.3 is 5.32 Å². The average molecular weight is 344 g/mol. The van der Waals surface area contributed by atoms with Crippen molar-refractivity contribution in [3.63, 3.8) is 0 Å². The topological polar surface area (TPSA) is 57.8 Å². The van der Waals surface area contributed by atoms with Gasteiger partial charge in [0.1, 0.15) is 5.82 Å². The molecule has 2 aromatic carbocycles. The number of H-pyrrole nitrogens is 1. The number of halogens is 2. The molecule has 0 aliphatic carbocycles. The Labute approximate surface area is 143 Å². The number of hydrogen-bond acceptors (Lipinski definition) is 2. The summed E-state index contributed by atoms with van der Waals surface area (Å²) in [5, 5.41) is 10.1. The summed E-state index contributed by atoms with van der Waals surface area (Å²) in [5.74, 6) is -0.744. The Bertz CT molecular complexity index is 861. The van der Waals surface area contributed by atoms with Crippen LogP contribution >= 0.6 is 11.6 Å². The Balaban J connectivity index is 1.83. The molecule has 3 rings (SSSR count). The number of rotatable bonds is 4. The van der Waals surface area contributed by atoms with Crippen LogP contribution in [0, 0.1) is 5.82 Å². The molecule has 1 atom stereocenters. The molecule has 0 unspecified atom stereocenters. The van der Waals surface area contributed by atoms with Gasteiger partial charge in [-0.15, -0.1) is 0 Å². The highest BCUT2D eigenvalue weighted by molar-refractivity contribution is 6.30. The highest BCUT2D eigenvalue weighted by atomic mass is 35.5. The van der Waals surface area contributed by atoms with E-state index >= 15 is 0 Å². The molecular formula is C18H15ClFN3O. The molecule has 122 valence electrons. The molecule has 0 saturated carbocycles. The van der Waals surface area contributed by atoms with E-state index in [2.05, 4.69) is 15.5 Å². The Morgan fingerprint density at radius 3 is 2.62 bits per heavy atom. The minimum absolute atomic E-state index is 0.224. The second kappa shape index (κ2) is 6.84. The van der Waals surface area contributed by atoms with E-state index in [9.17, 15) is 9.18 Å². The van der Waals surface area contributed by atoms with Gasteiger partial charge in [-0.3, -0.25) is 9.89 Å². The second-order valence-corrected chi connectivity index (χ2v) is 5.82. The summed E-state index contributed by atoms with van der Waals surface area (Å²) in [6, 6.07) is 13.2. The number of nitrogens with one attached hydrogen (secondary N) is 2. The summed E-state index contributed by atoms with van der Waals surface area (Å²) in [7, 11) is 0. The van der Waals surface area contributed by atoms with Crippen LogP contribution in [0.4, 0.5) is 4.39 Å². The normalized spacial score (nSPS) is 12.0. The summed E-state index contributed by atoms with van der Waals surface area (Å²) in [6.07, 6.45) is 1.39. The van der Waals surface area contributed by atoms with Crippen LogP contribution in [0.1, 0.15) is 28.9 Å². The van der Waals surface area contributed by atoms with Crippen molar-refractivity contribution in [2.75, 3.05) is 0 Å². The molecule has 1 aromatic heterocycles. The zero-order valence-corrected chi connectivity index (χ0v) is 13.6. The number of aromatic nitrogens is 2. The lowest BCUT2D eigenvalue weighted by atomic mass is 10.1. The molecule has 0 fully saturated rings. The first kappa shape index (κ1) is 16.2. The Morgan fingerprint density at radius 2 is 1.92 bits per heavy atom. The third-order valence-corrected chi connectivity index (χ3v) is 4.00. The minimum atomic E-state index is -0.415. The molecule has 24 heavy (non-hydrogen) atoms. The SMILES string of the molecule is C[C@H](NC(=O)c1cn[nH]c1-c1ccccc1F)c1ccc(Cl)cc1. The summed E-state index contributed by atoms with van der Waals surface area (Å²) in [4.78, 5) is 12.5. The largest absolute Gasteiger partial charge is 0.345 e. The third kappa shape index (κ3) is 3.31. The van der Waals surface area contributed by atoms with Gasteiger partial charge in [-0.05, 0) is 36.8 Å². The van der Waals surface area contributed by atoms with Gasteiger partial charge in [0, 0.05) is 10.6 Å². The highest BCUT2D eigenvalue weighted by Gasteiger charge is 2.19. The van der Waals surface area contributed by atoms with Crippen LogP contribution in [0.3, 0.4) is 0 Å². The molecule has 3 aromatic rings. The lowest BCUT2D eigenvalue weighted by molar-refractivity contribution is 0.0940. The van der Waals surface area contributed by atoms with Gasteiger partial charge in [0.15, 0.2) is 0 Å². The number of hydrogen-bond donors (Lipinski definition) is 2. The monoisotopic (exact) mass is 343 g/mol. The van der Waals surface area contributed by atoms with E-state index in [1.165, 1.54) is 12.3 Å². The number of carbonyl (C=O) groups is 1. The van der Waals surface area contributed by atoms with Gasteiger partial charge in [0.2, 0.25) is 0 Å². The average Bonchev–Trinajstić information content (AvgIpc) is 3.05. The van der Waals surface area contributed by atoms with Crippen LogP contribution in [-0.2, 0) is 0 Å². The van der Waals surface area contributed by atoms with Gasteiger partial charge in [0.05, 0.1) is 23.5 Å². The first-order chi connectivity index (χ1) is 11.6. The maximum atomic E-state index is 14.0. The molecular weight excluding hydrogens is 329 g/mol. The van der Waals surface area contributed by atoms with E-state index in [1.54, 1.807) is 30.3 Å². The smallest absolute Gasteiger partial charge is 0.255 e. The quantitative estimate of drug-likeness (QED) is 0.739. The van der Waals surface area contributed by atoms with E-state index in [0.717, 1.165) is 5.56 Å². The zero-order chi connectivity index (χ0) is 17.1. The van der Waals surface area contributed by atoms with Gasteiger partial charge in [-0.25, -0.2) is 4.39 Å². The molecule has 0 aliphatic heterocycles. The van der Waals surface area contributed by atoms with Gasteiger partial charge in [-0.1, -0.05) is 35.9 Å². The molecule has 2 N–H and O–H groups in total. The fourth-order valence-corrected chi connectivity index (χ4v) is 2.56. The third-order valence-electron chi connectivity index (χ3n) is 3.74. The maximum Gasteiger partial charge on any atom is 0.255 e. The summed E-state index contributed by atoms with van der Waals surface area (Å²) in [5.41, 5.74) is 1.87. The van der Waals surface area contributed by atoms with E-state index in [4.69, 9.17) is 11.6 Å². The summed E-state index contributed by atoms with van der Waals surface area (Å²) in [6.45, 7) is 1.87. The number of nitrogens with zero attached hydrogens (tertiary/aromatic N) is 1. The summed E-state index contributed by atoms with van der Waals surface area (Å²) < 4.78 is 14.0. The Hall–Kier alpha value is -2.66. The van der Waals surface area contributed by atoms with Crippen LogP contribution in [0.2, 0.25) is 5.02 Å². The standard InChI is InChI=1S/C18H15ClFN3O/c1-11(12-6-8-13(19)9-7-12)22-18(24)15-10-21-23-17(15)14-4-2-3-5-16(14)20/h2-11H,1H3,(H,21,23)(H,22,24)/t11-/m0/s1. The number of aromatic amines is 1. The lowest BCUT2D eigenvalue weighted by Gasteiger charge is -2.14. The minimum Gasteiger partial charge on any atom is -0.345 e. The maximum absolute atomic E-state index is 14.0. The molecule has 0 saturated heterocycles. The fourth-order valence-electron chi connectivity index (χ4n) is 2.44. The van der Waals surface area contributed by atoms with Crippen molar-refractivity contribution in [2.24, 2.45) is 0 Å². The van der Waals surface area contributed by atoms with E-state index < -0.39 is 5.82 Å². The van der Waals surface area contributed by atoms with Gasteiger partial charge in [0.25, 0.3) is 5.91 Å². The van der Waals surface area contributed by atoms with Crippen LogP contribution in [-0.4, -0.2) is 16.1 Å². The van der Waals surface area contributed by atoms with Crippen LogP contribution in [0.5, 0.6) is 0 Å². The first-order valence-corrected chi connectivity index (χ1v) is 7.78. The zero-order valence-electron chi connectivity index (χ0n) is 12.9. The van der Waals surface area contributed by atoms with Crippen molar-refractivity contribution >= 4 is 17.5 Å². The number of benzene rings is 2. The highest BCUT2D eigenvalue weighted by Crippen LogP contribution is 2.24. The van der Waals surface area contributed by atoms with E-state index in [-0.39, 0.29) is 11.9 Å². The van der Waals surface area contributed by atoms with Crippen molar-refractivity contribution in [2.45, 2.75) is 13.0 Å². The molecule has 0 aliphatic rings.